The first-order valence-electron chi connectivity index (χ1n) is 4.00. The third-order valence-electron chi connectivity index (χ3n) is 1.66. The van der Waals surface area contributed by atoms with E-state index in [1.807, 2.05) is 0 Å². The van der Waals surface area contributed by atoms with Gasteiger partial charge in [0, 0.05) is 13.2 Å². The van der Waals surface area contributed by atoms with Crippen molar-refractivity contribution in [1.29, 1.82) is 0 Å². The first-order valence-corrected chi connectivity index (χ1v) is 4.00. The first-order chi connectivity index (χ1) is 5.54. The molecule has 0 aliphatic rings. The van der Waals surface area contributed by atoms with E-state index in [2.05, 4.69) is 0 Å². The molecule has 0 aromatic carbocycles. The third-order valence-corrected chi connectivity index (χ3v) is 1.66. The minimum atomic E-state index is -0.903. The van der Waals surface area contributed by atoms with Gasteiger partial charge in [-0.05, 0) is 20.3 Å². The number of carbonyl (C=O) groups is 1. The molecule has 0 aromatic rings. The van der Waals surface area contributed by atoms with Crippen LogP contribution in [0.2, 0.25) is 0 Å². The third kappa shape index (κ3) is 4.31. The van der Waals surface area contributed by atoms with Gasteiger partial charge in [-0.3, -0.25) is 4.79 Å². The SMILES string of the molecule is CCO[C@](C)(CCO)CC(=O)O. The maximum absolute atomic E-state index is 10.4. The molecular formula is C8H16O4. The van der Waals surface area contributed by atoms with Gasteiger partial charge in [-0.25, -0.2) is 0 Å². The number of hydrogen-bond acceptors (Lipinski definition) is 3. The van der Waals surface area contributed by atoms with Crippen molar-refractivity contribution in [2.45, 2.75) is 32.3 Å². The van der Waals surface area contributed by atoms with Crippen molar-refractivity contribution in [1.82, 2.24) is 0 Å². The summed E-state index contributed by atoms with van der Waals surface area (Å²) in [6.45, 7) is 3.91. The van der Waals surface area contributed by atoms with Gasteiger partial charge in [0.15, 0.2) is 0 Å². The number of carboxylic acid groups (broad SMARTS) is 1. The van der Waals surface area contributed by atoms with E-state index < -0.39 is 11.6 Å². The molecule has 4 nitrogen and oxygen atoms in total. The molecule has 0 aliphatic carbocycles. The van der Waals surface area contributed by atoms with Crippen LogP contribution in [0.25, 0.3) is 0 Å². The Kier molecular flexibility index (Phi) is 4.85. The summed E-state index contributed by atoms with van der Waals surface area (Å²) in [7, 11) is 0. The fourth-order valence-electron chi connectivity index (χ4n) is 1.12. The van der Waals surface area contributed by atoms with Gasteiger partial charge in [0.25, 0.3) is 0 Å². The quantitative estimate of drug-likeness (QED) is 0.623. The zero-order chi connectivity index (χ0) is 9.61. The van der Waals surface area contributed by atoms with Gasteiger partial charge < -0.3 is 14.9 Å². The van der Waals surface area contributed by atoms with Crippen molar-refractivity contribution in [3.05, 3.63) is 0 Å². The molecule has 0 unspecified atom stereocenters. The van der Waals surface area contributed by atoms with E-state index in [4.69, 9.17) is 14.9 Å². The van der Waals surface area contributed by atoms with Gasteiger partial charge in [-0.2, -0.15) is 0 Å². The van der Waals surface area contributed by atoms with E-state index >= 15 is 0 Å². The zero-order valence-corrected chi connectivity index (χ0v) is 7.54. The van der Waals surface area contributed by atoms with Crippen LogP contribution < -0.4 is 0 Å². The van der Waals surface area contributed by atoms with Gasteiger partial charge in [-0.1, -0.05) is 0 Å². The van der Waals surface area contributed by atoms with Crippen LogP contribution in [-0.4, -0.2) is 35.0 Å². The van der Waals surface area contributed by atoms with Crippen LogP contribution in [-0.2, 0) is 9.53 Å². The molecule has 0 aromatic heterocycles. The number of aliphatic hydroxyl groups is 1. The highest BCUT2D eigenvalue weighted by Gasteiger charge is 2.27. The summed E-state index contributed by atoms with van der Waals surface area (Å²) >= 11 is 0. The summed E-state index contributed by atoms with van der Waals surface area (Å²) in [5, 5.41) is 17.2. The number of ether oxygens (including phenoxy) is 1. The number of carboxylic acids is 1. The minimum Gasteiger partial charge on any atom is -0.481 e. The van der Waals surface area contributed by atoms with Crippen LogP contribution >= 0.6 is 0 Å². The number of aliphatic hydroxyl groups excluding tert-OH is 1. The summed E-state index contributed by atoms with van der Waals surface area (Å²) in [5.74, 6) is -0.903. The van der Waals surface area contributed by atoms with Crippen molar-refractivity contribution in [3.63, 3.8) is 0 Å². The van der Waals surface area contributed by atoms with Crippen molar-refractivity contribution in [3.8, 4) is 0 Å². The Labute approximate surface area is 72.2 Å². The van der Waals surface area contributed by atoms with Crippen LogP contribution in [0.3, 0.4) is 0 Å². The molecule has 0 fully saturated rings. The normalized spacial score (nSPS) is 15.6. The summed E-state index contributed by atoms with van der Waals surface area (Å²) in [6, 6.07) is 0. The molecule has 0 heterocycles. The molecule has 0 aliphatic heterocycles. The summed E-state index contributed by atoms with van der Waals surface area (Å²) in [5.41, 5.74) is -0.727. The van der Waals surface area contributed by atoms with Crippen LogP contribution in [0, 0.1) is 0 Å². The monoisotopic (exact) mass is 176 g/mol. The van der Waals surface area contributed by atoms with E-state index in [1.165, 1.54) is 0 Å². The van der Waals surface area contributed by atoms with Gasteiger partial charge in [0.1, 0.15) is 0 Å². The lowest BCUT2D eigenvalue weighted by Gasteiger charge is -2.26. The van der Waals surface area contributed by atoms with Crippen LogP contribution in [0.15, 0.2) is 0 Å². The lowest BCUT2D eigenvalue weighted by atomic mass is 9.98. The highest BCUT2D eigenvalue weighted by atomic mass is 16.5. The molecule has 2 N–H and O–H groups in total. The van der Waals surface area contributed by atoms with E-state index in [9.17, 15) is 4.79 Å². The molecule has 0 radical (unpaired) electrons. The Morgan fingerprint density at radius 3 is 2.50 bits per heavy atom. The topological polar surface area (TPSA) is 66.8 Å². The zero-order valence-electron chi connectivity index (χ0n) is 7.54. The first kappa shape index (κ1) is 11.4. The number of rotatable bonds is 6. The highest BCUT2D eigenvalue weighted by molar-refractivity contribution is 5.68. The van der Waals surface area contributed by atoms with E-state index in [0.29, 0.717) is 13.0 Å². The molecule has 0 saturated carbocycles. The maximum atomic E-state index is 10.4. The van der Waals surface area contributed by atoms with Crippen molar-refractivity contribution in [2.24, 2.45) is 0 Å². The predicted octanol–water partition coefficient (Wildman–Crippen LogP) is 0.639. The largest absolute Gasteiger partial charge is 0.481 e. The number of hydrogen-bond donors (Lipinski definition) is 2. The molecule has 12 heavy (non-hydrogen) atoms. The van der Waals surface area contributed by atoms with Crippen LogP contribution in [0.5, 0.6) is 0 Å². The smallest absolute Gasteiger partial charge is 0.306 e. The average Bonchev–Trinajstić information content (AvgIpc) is 1.85. The van der Waals surface area contributed by atoms with Gasteiger partial charge >= 0.3 is 5.97 Å². The van der Waals surface area contributed by atoms with Gasteiger partial charge in [-0.15, -0.1) is 0 Å². The Morgan fingerprint density at radius 2 is 2.17 bits per heavy atom. The molecule has 0 amide bonds. The lowest BCUT2D eigenvalue weighted by Crippen LogP contribution is -2.33. The Bertz CT molecular complexity index is 138. The van der Waals surface area contributed by atoms with E-state index in [-0.39, 0.29) is 13.0 Å². The van der Waals surface area contributed by atoms with Gasteiger partial charge in [0.2, 0.25) is 0 Å². The Morgan fingerprint density at radius 1 is 1.58 bits per heavy atom. The summed E-state index contributed by atoms with van der Waals surface area (Å²) < 4.78 is 5.24. The summed E-state index contributed by atoms with van der Waals surface area (Å²) in [4.78, 5) is 10.4. The molecule has 0 saturated heterocycles. The van der Waals surface area contributed by atoms with Crippen molar-refractivity contribution >= 4 is 5.97 Å². The Balaban J connectivity index is 4.07. The molecule has 4 heteroatoms. The standard InChI is InChI=1S/C8H16O4/c1-3-12-8(2,4-5-9)6-7(10)11/h9H,3-6H2,1-2H3,(H,10,11)/t8-/m1/s1. The Hall–Kier alpha value is -0.610. The molecule has 1 atom stereocenters. The number of aliphatic carboxylic acids is 1. The predicted molar refractivity (Wildman–Crippen MR) is 44.0 cm³/mol. The molecule has 0 bridgehead atoms. The average molecular weight is 176 g/mol. The molecule has 0 spiro atoms. The van der Waals surface area contributed by atoms with Gasteiger partial charge in [0.05, 0.1) is 12.0 Å². The summed E-state index contributed by atoms with van der Waals surface area (Å²) in [6.07, 6.45) is 0.286. The van der Waals surface area contributed by atoms with Crippen molar-refractivity contribution < 1.29 is 19.7 Å². The van der Waals surface area contributed by atoms with E-state index in [1.54, 1.807) is 13.8 Å². The van der Waals surface area contributed by atoms with Crippen LogP contribution in [0.1, 0.15) is 26.7 Å². The minimum absolute atomic E-state index is 0.0518. The van der Waals surface area contributed by atoms with Crippen LogP contribution in [0.4, 0.5) is 0 Å². The lowest BCUT2D eigenvalue weighted by molar-refractivity contribution is -0.145. The van der Waals surface area contributed by atoms with Crippen molar-refractivity contribution in [2.75, 3.05) is 13.2 Å². The fraction of sp³-hybridized carbons (Fsp3) is 0.875. The fourth-order valence-corrected chi connectivity index (χ4v) is 1.12. The second-order valence-corrected chi connectivity index (χ2v) is 2.93. The highest BCUT2D eigenvalue weighted by Crippen LogP contribution is 2.19. The molecular weight excluding hydrogens is 160 g/mol. The maximum Gasteiger partial charge on any atom is 0.306 e. The van der Waals surface area contributed by atoms with E-state index in [0.717, 1.165) is 0 Å². The molecule has 0 rings (SSSR count). The molecule has 72 valence electrons. The second kappa shape index (κ2) is 5.11. The second-order valence-electron chi connectivity index (χ2n) is 2.93.